The summed E-state index contributed by atoms with van der Waals surface area (Å²) >= 11 is 0. The minimum Gasteiger partial charge on any atom is -0.501 e. The van der Waals surface area contributed by atoms with E-state index in [0.29, 0.717) is 40.6 Å². The molecule has 4 heterocycles. The summed E-state index contributed by atoms with van der Waals surface area (Å²) in [6, 6.07) is 2.13. The van der Waals surface area contributed by atoms with E-state index in [1.165, 1.54) is 49.7 Å². The first-order valence-corrected chi connectivity index (χ1v) is 17.1. The second-order valence-corrected chi connectivity index (χ2v) is 13.7. The first-order valence-electron chi connectivity index (χ1n) is 17.1. The molecule has 4 aliphatic rings. The van der Waals surface area contributed by atoms with Crippen LogP contribution in [-0.2, 0) is 14.3 Å². The normalized spacial score (nSPS) is 24.3. The van der Waals surface area contributed by atoms with Gasteiger partial charge in [0.1, 0.15) is 6.04 Å². The highest BCUT2D eigenvalue weighted by atomic mass is 16.5. The summed E-state index contributed by atoms with van der Waals surface area (Å²) in [6.45, 7) is 14.3. The number of aromatic nitrogens is 1. The Labute approximate surface area is 271 Å². The summed E-state index contributed by atoms with van der Waals surface area (Å²) < 4.78 is 6.32. The van der Waals surface area contributed by atoms with Gasteiger partial charge in [0.05, 0.1) is 62.5 Å². The number of likely N-dealkylation sites (tertiary alicyclic amines) is 1. The maximum absolute atomic E-state index is 13.0. The lowest BCUT2D eigenvalue weighted by atomic mass is 9.63. The number of anilines is 2. The number of likely N-dealkylation sites (N-methyl/N-ethyl adjacent to an activating group) is 1. The summed E-state index contributed by atoms with van der Waals surface area (Å²) in [5.41, 5.74) is 5.70. The molecule has 2 unspecified atom stereocenters. The van der Waals surface area contributed by atoms with Crippen molar-refractivity contribution in [1.29, 1.82) is 0 Å². The molecule has 45 heavy (non-hydrogen) atoms. The fourth-order valence-corrected chi connectivity index (χ4v) is 6.51. The SMILES string of the molecule is CC(=CCC[N+]1(C)C=CC(C2=COCCC2)=CC1C)C(=O)Nc1cc(NC(=O)CN2CCC3(CCC3)CC2)cnc1C.CCC. The first-order chi connectivity index (χ1) is 21.6. The molecule has 2 N–H and O–H groups in total. The van der Waals surface area contributed by atoms with Crippen molar-refractivity contribution in [3.63, 3.8) is 0 Å². The number of nitrogens with zero attached hydrogens (tertiary/aromatic N) is 3. The van der Waals surface area contributed by atoms with Gasteiger partial charge >= 0.3 is 0 Å². The van der Waals surface area contributed by atoms with Crippen LogP contribution in [0.25, 0.3) is 0 Å². The number of rotatable bonds is 9. The summed E-state index contributed by atoms with van der Waals surface area (Å²) in [5.74, 6) is -0.195. The predicted octanol–water partition coefficient (Wildman–Crippen LogP) is 7.27. The number of hydrogen-bond donors (Lipinski definition) is 2. The third kappa shape index (κ3) is 9.39. The number of aryl methyl sites for hydroxylation is 1. The fraction of sp³-hybridized carbons (Fsp3) is 0.595. The molecule has 1 aliphatic carbocycles. The molecule has 1 spiro atoms. The molecule has 1 saturated carbocycles. The van der Waals surface area contributed by atoms with Gasteiger partial charge in [0.2, 0.25) is 5.91 Å². The van der Waals surface area contributed by atoms with Crippen molar-refractivity contribution >= 4 is 23.2 Å². The average Bonchev–Trinajstić information content (AvgIpc) is 3.00. The quantitative estimate of drug-likeness (QED) is 0.225. The van der Waals surface area contributed by atoms with Crippen molar-refractivity contribution in [2.24, 2.45) is 5.41 Å². The third-order valence-corrected chi connectivity index (χ3v) is 9.99. The molecule has 0 radical (unpaired) electrons. The van der Waals surface area contributed by atoms with E-state index < -0.39 is 0 Å². The molecule has 8 heteroatoms. The van der Waals surface area contributed by atoms with Crippen molar-refractivity contribution in [3.8, 4) is 0 Å². The standard InChI is InChI=1S/C34H47N5O3.C3H8/c1-25(8-5-17-39(4)18-10-28(20-26(39)2)29-9-6-19-42-24-29)33(41)37-31-21-30(22-35-27(31)3)36-32(40)23-38-15-13-34(14-16-38)11-7-12-34;1-3-2/h8,10,18,20-22,24,26H,5-7,9,11-17,19,23H2,1-4H3,(H-,36,37,40,41);3H2,1-2H3/p+1. The van der Waals surface area contributed by atoms with Crippen molar-refractivity contribution in [1.82, 2.24) is 9.88 Å². The van der Waals surface area contributed by atoms with E-state index in [1.54, 1.807) is 12.3 Å². The average molecular weight is 619 g/mol. The minimum atomic E-state index is -0.155. The van der Waals surface area contributed by atoms with E-state index in [1.807, 2.05) is 26.2 Å². The van der Waals surface area contributed by atoms with Gasteiger partial charge in [-0.05, 0) is 107 Å². The molecule has 8 nitrogen and oxygen atoms in total. The molecule has 2 amide bonds. The molecule has 1 aromatic heterocycles. The molecule has 246 valence electrons. The number of pyridine rings is 1. The van der Waals surface area contributed by atoms with Crippen LogP contribution in [0.15, 0.2) is 59.7 Å². The Bertz CT molecular complexity index is 1320. The monoisotopic (exact) mass is 618 g/mol. The predicted molar refractivity (Wildman–Crippen MR) is 184 cm³/mol. The van der Waals surface area contributed by atoms with Crippen LogP contribution in [0.4, 0.5) is 11.4 Å². The van der Waals surface area contributed by atoms with Crippen LogP contribution in [0.3, 0.4) is 0 Å². The largest absolute Gasteiger partial charge is 0.501 e. The zero-order valence-corrected chi connectivity index (χ0v) is 28.6. The maximum Gasteiger partial charge on any atom is 0.251 e. The smallest absolute Gasteiger partial charge is 0.251 e. The summed E-state index contributed by atoms with van der Waals surface area (Å²) in [4.78, 5) is 32.5. The Morgan fingerprint density at radius 3 is 2.51 bits per heavy atom. The van der Waals surface area contributed by atoms with E-state index in [4.69, 9.17) is 4.74 Å². The number of allylic oxidation sites excluding steroid dienone is 3. The highest BCUT2D eigenvalue weighted by Crippen LogP contribution is 2.48. The lowest BCUT2D eigenvalue weighted by Crippen LogP contribution is -2.47. The van der Waals surface area contributed by atoms with Crippen molar-refractivity contribution in [2.45, 2.75) is 98.4 Å². The Morgan fingerprint density at radius 1 is 1.16 bits per heavy atom. The van der Waals surface area contributed by atoms with Gasteiger partial charge in [-0.25, -0.2) is 0 Å². The Kier molecular flexibility index (Phi) is 12.2. The Hall–Kier alpha value is -3.23. The molecular formula is C37H56N5O3+. The van der Waals surface area contributed by atoms with Gasteiger partial charge in [-0.3, -0.25) is 24.0 Å². The van der Waals surface area contributed by atoms with Crippen LogP contribution in [0.1, 0.15) is 91.2 Å². The summed E-state index contributed by atoms with van der Waals surface area (Å²) in [6.07, 6.45) is 23.0. The fourth-order valence-electron chi connectivity index (χ4n) is 6.51. The lowest BCUT2D eigenvalue weighted by Gasteiger charge is -2.47. The molecule has 0 bridgehead atoms. The van der Waals surface area contributed by atoms with Gasteiger partial charge in [-0.1, -0.05) is 32.8 Å². The van der Waals surface area contributed by atoms with Crippen molar-refractivity contribution in [2.75, 3.05) is 50.5 Å². The summed E-state index contributed by atoms with van der Waals surface area (Å²) in [7, 11) is 2.23. The highest BCUT2D eigenvalue weighted by Gasteiger charge is 2.39. The molecular weight excluding hydrogens is 562 g/mol. The maximum atomic E-state index is 13.0. The zero-order valence-electron chi connectivity index (χ0n) is 28.6. The molecule has 1 aromatic rings. The van der Waals surface area contributed by atoms with Gasteiger partial charge in [-0.15, -0.1) is 0 Å². The number of carbonyl (C=O) groups excluding carboxylic acids is 2. The van der Waals surface area contributed by atoms with E-state index >= 15 is 0 Å². The molecule has 2 atom stereocenters. The second-order valence-electron chi connectivity index (χ2n) is 13.7. The summed E-state index contributed by atoms with van der Waals surface area (Å²) in [5, 5.41) is 5.98. The number of carbonyl (C=O) groups is 2. The first kappa shape index (κ1) is 34.6. The molecule has 3 aliphatic heterocycles. The number of amides is 2. The Balaban J connectivity index is 0.00000148. The van der Waals surface area contributed by atoms with Gasteiger partial charge in [0, 0.05) is 12.0 Å². The van der Waals surface area contributed by atoms with Gasteiger partial charge < -0.3 is 15.4 Å². The van der Waals surface area contributed by atoms with Crippen LogP contribution >= 0.6 is 0 Å². The van der Waals surface area contributed by atoms with Crippen molar-refractivity contribution < 1.29 is 18.8 Å². The van der Waals surface area contributed by atoms with Crippen LogP contribution < -0.4 is 10.6 Å². The molecule has 0 aromatic carbocycles. The number of nitrogens with one attached hydrogen (secondary N) is 2. The number of hydrogen-bond acceptors (Lipinski definition) is 5. The molecule has 1 saturated heterocycles. The molecule has 2 fully saturated rings. The number of piperidine rings is 1. The van der Waals surface area contributed by atoms with Gasteiger partial charge in [0.15, 0.2) is 0 Å². The van der Waals surface area contributed by atoms with E-state index in [0.717, 1.165) is 50.0 Å². The minimum absolute atomic E-state index is 0.0399. The number of ether oxygens (including phenoxy) is 1. The van der Waals surface area contributed by atoms with Crippen LogP contribution in [-0.4, -0.2) is 72.1 Å². The second kappa shape index (κ2) is 15.9. The molecule has 5 rings (SSSR count). The Morgan fingerprint density at radius 2 is 1.89 bits per heavy atom. The third-order valence-electron chi connectivity index (χ3n) is 9.99. The number of quaternary nitrogens is 1. The van der Waals surface area contributed by atoms with E-state index in [-0.39, 0.29) is 11.8 Å². The van der Waals surface area contributed by atoms with E-state index in [2.05, 4.69) is 66.7 Å². The van der Waals surface area contributed by atoms with Crippen LogP contribution in [0.5, 0.6) is 0 Å². The lowest BCUT2D eigenvalue weighted by molar-refractivity contribution is -0.876. The van der Waals surface area contributed by atoms with E-state index in [9.17, 15) is 9.59 Å². The highest BCUT2D eigenvalue weighted by molar-refractivity contribution is 6.04. The van der Waals surface area contributed by atoms with Crippen LogP contribution in [0, 0.1) is 12.3 Å². The zero-order chi connectivity index (χ0) is 32.5. The topological polar surface area (TPSA) is 83.6 Å². The van der Waals surface area contributed by atoms with Crippen molar-refractivity contribution in [3.05, 3.63) is 65.4 Å². The van der Waals surface area contributed by atoms with Gasteiger partial charge in [0.25, 0.3) is 5.91 Å². The van der Waals surface area contributed by atoms with Gasteiger partial charge in [-0.2, -0.15) is 0 Å². The van der Waals surface area contributed by atoms with Crippen LogP contribution in [0.2, 0.25) is 0 Å².